The minimum absolute atomic E-state index is 0.0951. The molecule has 2 aromatic rings. The molecule has 3 rings (SSSR count). The predicted molar refractivity (Wildman–Crippen MR) is 89.2 cm³/mol. The van der Waals surface area contributed by atoms with Crippen LogP contribution in [0.1, 0.15) is 24.5 Å². The van der Waals surface area contributed by atoms with Crippen LogP contribution in [-0.2, 0) is 9.53 Å². The first-order chi connectivity index (χ1) is 11.7. The first-order valence-electron chi connectivity index (χ1n) is 7.67. The van der Waals surface area contributed by atoms with Crippen molar-refractivity contribution >= 4 is 17.9 Å². The zero-order valence-corrected chi connectivity index (χ0v) is 13.2. The molecule has 1 heterocycles. The van der Waals surface area contributed by atoms with Crippen LogP contribution >= 0.6 is 0 Å². The molecule has 0 aromatic heterocycles. The van der Waals surface area contributed by atoms with Crippen molar-refractivity contribution < 1.29 is 18.7 Å². The van der Waals surface area contributed by atoms with Crippen LogP contribution < -0.4 is 4.74 Å². The van der Waals surface area contributed by atoms with Crippen LogP contribution in [0.4, 0.5) is 4.39 Å². The molecular weight excluding hydrogens is 309 g/mol. The number of ether oxygens (including phenoxy) is 2. The molecule has 0 atom stereocenters. The van der Waals surface area contributed by atoms with Crippen molar-refractivity contribution in [2.24, 2.45) is 4.99 Å². The molecule has 0 radical (unpaired) electrons. The van der Waals surface area contributed by atoms with E-state index in [1.165, 1.54) is 18.2 Å². The number of nitrogens with zero attached hydrogens (tertiary/aromatic N) is 1. The van der Waals surface area contributed by atoms with Crippen molar-refractivity contribution in [3.05, 3.63) is 71.2 Å². The van der Waals surface area contributed by atoms with Gasteiger partial charge in [0.05, 0.1) is 6.61 Å². The summed E-state index contributed by atoms with van der Waals surface area (Å²) in [5.41, 5.74) is 1.31. The normalized spacial score (nSPS) is 15.3. The van der Waals surface area contributed by atoms with E-state index in [0.717, 1.165) is 12.0 Å². The van der Waals surface area contributed by atoms with Gasteiger partial charge < -0.3 is 9.47 Å². The Morgan fingerprint density at radius 1 is 1.21 bits per heavy atom. The molecule has 0 fully saturated rings. The Kier molecular flexibility index (Phi) is 4.70. The highest BCUT2D eigenvalue weighted by Crippen LogP contribution is 2.25. The Bertz CT molecular complexity index is 827. The van der Waals surface area contributed by atoms with E-state index in [0.29, 0.717) is 17.9 Å². The van der Waals surface area contributed by atoms with Crippen LogP contribution in [0.3, 0.4) is 0 Å². The number of para-hydroxylation sites is 1. The summed E-state index contributed by atoms with van der Waals surface area (Å²) in [4.78, 5) is 16.2. The highest BCUT2D eigenvalue weighted by molar-refractivity contribution is 6.12. The summed E-state index contributed by atoms with van der Waals surface area (Å²) >= 11 is 0. The number of hydrogen-bond acceptors (Lipinski definition) is 4. The van der Waals surface area contributed by atoms with Crippen molar-refractivity contribution in [3.8, 4) is 5.75 Å². The highest BCUT2D eigenvalue weighted by Gasteiger charge is 2.24. The van der Waals surface area contributed by atoms with E-state index < -0.39 is 11.8 Å². The lowest BCUT2D eigenvalue weighted by molar-refractivity contribution is -0.129. The number of esters is 1. The summed E-state index contributed by atoms with van der Waals surface area (Å²) in [6.45, 7) is 2.60. The fraction of sp³-hybridized carbons (Fsp3) is 0.158. The number of halogens is 1. The second kappa shape index (κ2) is 7.08. The molecule has 4 nitrogen and oxygen atoms in total. The molecule has 0 bridgehead atoms. The van der Waals surface area contributed by atoms with E-state index in [-0.39, 0.29) is 11.6 Å². The van der Waals surface area contributed by atoms with Crippen LogP contribution in [0.15, 0.2) is 59.2 Å². The largest absolute Gasteiger partial charge is 0.493 e. The third-order valence-corrected chi connectivity index (χ3v) is 3.36. The fourth-order valence-electron chi connectivity index (χ4n) is 2.24. The summed E-state index contributed by atoms with van der Waals surface area (Å²) in [7, 11) is 0. The summed E-state index contributed by atoms with van der Waals surface area (Å²) in [6, 6.07) is 13.1. The van der Waals surface area contributed by atoms with E-state index in [2.05, 4.69) is 4.99 Å². The Morgan fingerprint density at radius 3 is 2.83 bits per heavy atom. The van der Waals surface area contributed by atoms with Crippen LogP contribution in [0.2, 0.25) is 0 Å². The van der Waals surface area contributed by atoms with Gasteiger partial charge in [-0.2, -0.15) is 0 Å². The Hall–Kier alpha value is -2.95. The summed E-state index contributed by atoms with van der Waals surface area (Å²) < 4.78 is 24.1. The molecule has 5 heteroatoms. The van der Waals surface area contributed by atoms with Gasteiger partial charge in [0.25, 0.3) is 0 Å². The molecule has 0 saturated heterocycles. The molecule has 122 valence electrons. The number of aliphatic imine (C=N–C) groups is 1. The van der Waals surface area contributed by atoms with Gasteiger partial charge in [-0.3, -0.25) is 0 Å². The van der Waals surface area contributed by atoms with Gasteiger partial charge in [0.15, 0.2) is 5.70 Å². The van der Waals surface area contributed by atoms with Crippen molar-refractivity contribution in [3.63, 3.8) is 0 Å². The lowest BCUT2D eigenvalue weighted by atomic mass is 10.1. The fourth-order valence-corrected chi connectivity index (χ4v) is 2.24. The van der Waals surface area contributed by atoms with Crippen LogP contribution in [0, 0.1) is 5.82 Å². The third-order valence-electron chi connectivity index (χ3n) is 3.36. The van der Waals surface area contributed by atoms with E-state index in [4.69, 9.17) is 9.47 Å². The van der Waals surface area contributed by atoms with Gasteiger partial charge in [0.2, 0.25) is 5.90 Å². The molecule has 1 aliphatic rings. The molecule has 0 saturated carbocycles. The summed E-state index contributed by atoms with van der Waals surface area (Å²) in [5.74, 6) is -0.215. The van der Waals surface area contributed by atoms with Crippen LogP contribution in [0.25, 0.3) is 6.08 Å². The molecule has 0 spiro atoms. The average Bonchev–Trinajstić information content (AvgIpc) is 2.95. The lowest BCUT2D eigenvalue weighted by Gasteiger charge is -2.07. The Morgan fingerprint density at radius 2 is 2.04 bits per heavy atom. The van der Waals surface area contributed by atoms with Gasteiger partial charge in [-0.15, -0.1) is 0 Å². The van der Waals surface area contributed by atoms with Gasteiger partial charge >= 0.3 is 5.97 Å². The second-order valence-corrected chi connectivity index (χ2v) is 5.23. The van der Waals surface area contributed by atoms with Crippen molar-refractivity contribution in [2.75, 3.05) is 6.61 Å². The maximum Gasteiger partial charge on any atom is 0.363 e. The van der Waals surface area contributed by atoms with Gasteiger partial charge in [0.1, 0.15) is 11.6 Å². The third kappa shape index (κ3) is 3.51. The standard InChI is InChI=1S/C19H16FNO3/c1-2-10-23-17-9-4-3-6-13(17)12-16-19(22)24-18(21-16)14-7-5-8-15(20)11-14/h3-9,11-12H,2,10H2,1H3/b16-12-. The van der Waals surface area contributed by atoms with Crippen LogP contribution in [-0.4, -0.2) is 18.5 Å². The summed E-state index contributed by atoms with van der Waals surface area (Å²) in [5, 5.41) is 0. The minimum atomic E-state index is -0.570. The van der Waals surface area contributed by atoms with Crippen molar-refractivity contribution in [2.45, 2.75) is 13.3 Å². The molecule has 24 heavy (non-hydrogen) atoms. The number of carbonyl (C=O) groups is 1. The smallest absolute Gasteiger partial charge is 0.363 e. The Labute approximate surface area is 139 Å². The van der Waals surface area contributed by atoms with Crippen molar-refractivity contribution in [1.82, 2.24) is 0 Å². The predicted octanol–water partition coefficient (Wildman–Crippen LogP) is 3.96. The van der Waals surface area contributed by atoms with Gasteiger partial charge in [-0.1, -0.05) is 31.2 Å². The quantitative estimate of drug-likeness (QED) is 0.617. The van der Waals surface area contributed by atoms with Gasteiger partial charge in [-0.25, -0.2) is 14.2 Å². The van der Waals surface area contributed by atoms with E-state index in [1.54, 1.807) is 12.1 Å². The number of hydrogen-bond donors (Lipinski definition) is 0. The monoisotopic (exact) mass is 325 g/mol. The number of rotatable bonds is 5. The van der Waals surface area contributed by atoms with E-state index >= 15 is 0 Å². The van der Waals surface area contributed by atoms with Gasteiger partial charge in [0, 0.05) is 11.1 Å². The molecule has 0 aliphatic carbocycles. The maximum absolute atomic E-state index is 13.3. The topological polar surface area (TPSA) is 47.9 Å². The number of benzene rings is 2. The first kappa shape index (κ1) is 15.9. The summed E-state index contributed by atoms with van der Waals surface area (Å²) in [6.07, 6.45) is 2.49. The highest BCUT2D eigenvalue weighted by atomic mass is 19.1. The van der Waals surface area contributed by atoms with E-state index in [1.807, 2.05) is 31.2 Å². The molecule has 2 aromatic carbocycles. The molecule has 0 amide bonds. The number of carbonyl (C=O) groups excluding carboxylic acids is 1. The zero-order chi connectivity index (χ0) is 16.9. The zero-order valence-electron chi connectivity index (χ0n) is 13.2. The SMILES string of the molecule is CCCOc1ccccc1/C=C1\N=C(c2cccc(F)c2)OC1=O. The van der Waals surface area contributed by atoms with E-state index in [9.17, 15) is 9.18 Å². The lowest BCUT2D eigenvalue weighted by Crippen LogP contribution is -2.05. The maximum atomic E-state index is 13.3. The minimum Gasteiger partial charge on any atom is -0.493 e. The van der Waals surface area contributed by atoms with Crippen LogP contribution in [0.5, 0.6) is 5.75 Å². The average molecular weight is 325 g/mol. The molecule has 1 aliphatic heterocycles. The van der Waals surface area contributed by atoms with Gasteiger partial charge in [-0.05, 0) is 36.8 Å². The molecule has 0 unspecified atom stereocenters. The second-order valence-electron chi connectivity index (χ2n) is 5.23. The first-order valence-corrected chi connectivity index (χ1v) is 7.67. The molecular formula is C19H16FNO3. The van der Waals surface area contributed by atoms with Crippen molar-refractivity contribution in [1.29, 1.82) is 0 Å². The number of cyclic esters (lactones) is 1. The molecule has 0 N–H and O–H groups in total. The Balaban J connectivity index is 1.92.